The molecule has 1 aromatic carbocycles. The minimum absolute atomic E-state index is 0.159. The first-order valence-corrected chi connectivity index (χ1v) is 5.92. The third kappa shape index (κ3) is 2.55. The number of nitriles is 2. The highest BCUT2D eigenvalue weighted by atomic mass is 16.5. The maximum atomic E-state index is 11.7. The fraction of sp³-hybridized carbons (Fsp3) is 0.214. The number of carbonyl (C=O) groups excluding carboxylic acids is 1. The molecule has 1 heterocycles. The quantitative estimate of drug-likeness (QED) is 0.632. The van der Waals surface area contributed by atoms with Crippen LogP contribution in [0.2, 0.25) is 0 Å². The fourth-order valence-corrected chi connectivity index (χ4v) is 2.13. The van der Waals surface area contributed by atoms with Gasteiger partial charge in [0.1, 0.15) is 11.6 Å². The molecule has 1 atom stereocenters. The summed E-state index contributed by atoms with van der Waals surface area (Å²) in [5.74, 6) is 0.261. The molecule has 0 saturated heterocycles. The molecule has 0 aliphatic carbocycles. The summed E-state index contributed by atoms with van der Waals surface area (Å²) >= 11 is 0. The molecule has 2 N–H and O–H groups in total. The standard InChI is InChI=1S/C14H12N4O2/c1-20-10-4-2-9(3-5-10)11-6-13(19)18-14(17-8-16)12(11)7-15/h2-5,11,17H,6H2,1H3,(H,18,19). The average molecular weight is 268 g/mol. The van der Waals surface area contributed by atoms with Gasteiger partial charge in [0.2, 0.25) is 5.91 Å². The van der Waals surface area contributed by atoms with E-state index in [0.29, 0.717) is 11.3 Å². The van der Waals surface area contributed by atoms with Crippen molar-refractivity contribution in [2.75, 3.05) is 7.11 Å². The van der Waals surface area contributed by atoms with Crippen LogP contribution in [-0.4, -0.2) is 13.0 Å². The molecule has 1 aliphatic rings. The van der Waals surface area contributed by atoms with Gasteiger partial charge in [-0.1, -0.05) is 12.1 Å². The maximum Gasteiger partial charge on any atom is 0.226 e. The van der Waals surface area contributed by atoms with Crippen LogP contribution in [0.4, 0.5) is 0 Å². The van der Waals surface area contributed by atoms with Crippen molar-refractivity contribution in [2.45, 2.75) is 12.3 Å². The molecule has 6 heteroatoms. The topological polar surface area (TPSA) is 97.9 Å². The van der Waals surface area contributed by atoms with Gasteiger partial charge in [0.25, 0.3) is 0 Å². The van der Waals surface area contributed by atoms with E-state index in [2.05, 4.69) is 16.7 Å². The summed E-state index contributed by atoms with van der Waals surface area (Å²) in [6.07, 6.45) is 1.89. The zero-order valence-electron chi connectivity index (χ0n) is 10.8. The zero-order chi connectivity index (χ0) is 14.5. The molecule has 20 heavy (non-hydrogen) atoms. The Kier molecular flexibility index (Phi) is 3.88. The van der Waals surface area contributed by atoms with Gasteiger partial charge in [-0.15, -0.1) is 0 Å². The number of hydrogen-bond donors (Lipinski definition) is 2. The second-order valence-electron chi connectivity index (χ2n) is 4.22. The van der Waals surface area contributed by atoms with E-state index in [9.17, 15) is 10.1 Å². The second-order valence-corrected chi connectivity index (χ2v) is 4.22. The van der Waals surface area contributed by atoms with Crippen LogP contribution >= 0.6 is 0 Å². The summed E-state index contributed by atoms with van der Waals surface area (Å²) in [7, 11) is 1.57. The number of allylic oxidation sites excluding steroid dienone is 1. The summed E-state index contributed by atoms with van der Waals surface area (Å²) in [5, 5.41) is 22.8. The Bertz CT molecular complexity index is 635. The highest BCUT2D eigenvalue weighted by Crippen LogP contribution is 2.32. The molecule has 0 aromatic heterocycles. The lowest BCUT2D eigenvalue weighted by atomic mass is 9.86. The monoisotopic (exact) mass is 268 g/mol. The number of carbonyl (C=O) groups is 1. The molecule has 6 nitrogen and oxygen atoms in total. The number of rotatable bonds is 3. The predicted molar refractivity (Wildman–Crippen MR) is 69.9 cm³/mol. The van der Waals surface area contributed by atoms with Gasteiger partial charge in [-0.05, 0) is 17.7 Å². The molecular weight excluding hydrogens is 256 g/mol. The van der Waals surface area contributed by atoms with Crippen LogP contribution in [0.1, 0.15) is 17.9 Å². The first-order chi connectivity index (χ1) is 9.69. The minimum atomic E-state index is -0.365. The Labute approximate surface area is 116 Å². The molecule has 0 radical (unpaired) electrons. The lowest BCUT2D eigenvalue weighted by molar-refractivity contribution is -0.121. The molecule has 0 saturated carbocycles. The van der Waals surface area contributed by atoms with E-state index in [1.807, 2.05) is 12.1 Å². The molecular formula is C14H12N4O2. The molecule has 1 aliphatic heterocycles. The van der Waals surface area contributed by atoms with Gasteiger partial charge in [-0.3, -0.25) is 10.1 Å². The average Bonchev–Trinajstić information content (AvgIpc) is 2.47. The van der Waals surface area contributed by atoms with E-state index in [0.717, 1.165) is 5.56 Å². The van der Waals surface area contributed by atoms with Crippen molar-refractivity contribution in [2.24, 2.45) is 0 Å². The molecule has 0 spiro atoms. The Morgan fingerprint density at radius 3 is 2.60 bits per heavy atom. The number of nitrogens with zero attached hydrogens (tertiary/aromatic N) is 2. The van der Waals surface area contributed by atoms with Crippen molar-refractivity contribution in [1.82, 2.24) is 10.6 Å². The molecule has 1 amide bonds. The summed E-state index contributed by atoms with van der Waals surface area (Å²) in [5.41, 5.74) is 1.17. The predicted octanol–water partition coefficient (Wildman–Crippen LogP) is 1.10. The number of amides is 1. The lowest BCUT2D eigenvalue weighted by Crippen LogP contribution is -2.37. The normalized spacial score (nSPS) is 17.8. The van der Waals surface area contributed by atoms with Gasteiger partial charge < -0.3 is 10.1 Å². The van der Waals surface area contributed by atoms with Gasteiger partial charge in [0, 0.05) is 12.3 Å². The first kappa shape index (κ1) is 13.4. The number of methoxy groups -OCH3 is 1. The van der Waals surface area contributed by atoms with Crippen LogP contribution in [0.3, 0.4) is 0 Å². The molecule has 0 bridgehead atoms. The maximum absolute atomic E-state index is 11.7. The van der Waals surface area contributed by atoms with Gasteiger partial charge in [-0.25, -0.2) is 0 Å². The van der Waals surface area contributed by atoms with Crippen molar-refractivity contribution >= 4 is 5.91 Å². The van der Waals surface area contributed by atoms with Crippen molar-refractivity contribution in [1.29, 1.82) is 10.5 Å². The van der Waals surface area contributed by atoms with Crippen LogP contribution in [0, 0.1) is 22.8 Å². The minimum Gasteiger partial charge on any atom is -0.497 e. The number of ether oxygens (including phenoxy) is 1. The van der Waals surface area contributed by atoms with Crippen LogP contribution in [-0.2, 0) is 4.79 Å². The highest BCUT2D eigenvalue weighted by Gasteiger charge is 2.29. The lowest BCUT2D eigenvalue weighted by Gasteiger charge is -2.24. The van der Waals surface area contributed by atoms with Crippen LogP contribution in [0.15, 0.2) is 35.7 Å². The molecule has 1 unspecified atom stereocenters. The molecule has 100 valence electrons. The van der Waals surface area contributed by atoms with Crippen molar-refractivity contribution in [3.63, 3.8) is 0 Å². The smallest absolute Gasteiger partial charge is 0.226 e. The van der Waals surface area contributed by atoms with E-state index >= 15 is 0 Å². The Balaban J connectivity index is 2.42. The van der Waals surface area contributed by atoms with E-state index in [4.69, 9.17) is 10.00 Å². The van der Waals surface area contributed by atoms with Crippen LogP contribution in [0.5, 0.6) is 5.75 Å². The van der Waals surface area contributed by atoms with Gasteiger partial charge in [0.15, 0.2) is 6.19 Å². The van der Waals surface area contributed by atoms with Crippen molar-refractivity contribution in [3.8, 4) is 18.0 Å². The number of benzene rings is 1. The van der Waals surface area contributed by atoms with Crippen molar-refractivity contribution < 1.29 is 9.53 Å². The third-order valence-corrected chi connectivity index (χ3v) is 3.09. The van der Waals surface area contributed by atoms with Gasteiger partial charge >= 0.3 is 0 Å². The SMILES string of the molecule is COc1ccc(C2CC(=O)NC(NC#N)=C2C#N)cc1. The van der Waals surface area contributed by atoms with E-state index < -0.39 is 0 Å². The zero-order valence-corrected chi connectivity index (χ0v) is 10.8. The Morgan fingerprint density at radius 2 is 2.05 bits per heavy atom. The summed E-state index contributed by atoms with van der Waals surface area (Å²) in [4.78, 5) is 11.7. The summed E-state index contributed by atoms with van der Waals surface area (Å²) < 4.78 is 5.08. The van der Waals surface area contributed by atoms with Gasteiger partial charge in [-0.2, -0.15) is 10.5 Å². The fourth-order valence-electron chi connectivity index (χ4n) is 2.13. The number of hydrogen-bond acceptors (Lipinski definition) is 5. The first-order valence-electron chi connectivity index (χ1n) is 5.92. The summed E-state index contributed by atoms with van der Waals surface area (Å²) in [6, 6.07) is 9.22. The number of nitrogens with one attached hydrogen (secondary N) is 2. The van der Waals surface area contributed by atoms with Gasteiger partial charge in [0.05, 0.1) is 18.8 Å². The third-order valence-electron chi connectivity index (χ3n) is 3.09. The van der Waals surface area contributed by atoms with E-state index in [-0.39, 0.29) is 24.1 Å². The Morgan fingerprint density at radius 1 is 1.35 bits per heavy atom. The van der Waals surface area contributed by atoms with Crippen LogP contribution < -0.4 is 15.4 Å². The van der Waals surface area contributed by atoms with Crippen molar-refractivity contribution in [3.05, 3.63) is 41.2 Å². The van der Waals surface area contributed by atoms with E-state index in [1.54, 1.807) is 25.4 Å². The second kappa shape index (κ2) is 5.77. The molecule has 0 fully saturated rings. The molecule has 1 aromatic rings. The largest absolute Gasteiger partial charge is 0.497 e. The highest BCUT2D eigenvalue weighted by molar-refractivity contribution is 5.82. The van der Waals surface area contributed by atoms with E-state index in [1.165, 1.54) is 0 Å². The Hall–Kier alpha value is -2.99. The van der Waals surface area contributed by atoms with Crippen LogP contribution in [0.25, 0.3) is 0 Å². The molecule has 2 rings (SSSR count). The summed E-state index contributed by atoms with van der Waals surface area (Å²) in [6.45, 7) is 0.